The van der Waals surface area contributed by atoms with Gasteiger partial charge in [-0.25, -0.2) is 9.97 Å². The third-order valence-corrected chi connectivity index (χ3v) is 3.45. The molecule has 0 aromatic carbocycles. The Labute approximate surface area is 104 Å². The van der Waals surface area contributed by atoms with Crippen molar-refractivity contribution in [2.45, 2.75) is 38.1 Å². The van der Waals surface area contributed by atoms with Crippen molar-refractivity contribution in [2.24, 2.45) is 0 Å². The fraction of sp³-hybridized carbons (Fsp3) is 0.545. The van der Waals surface area contributed by atoms with E-state index in [-0.39, 0.29) is 0 Å². The van der Waals surface area contributed by atoms with Crippen LogP contribution < -0.4 is 5.32 Å². The van der Waals surface area contributed by atoms with E-state index < -0.39 is 0 Å². The van der Waals surface area contributed by atoms with E-state index in [4.69, 9.17) is 12.2 Å². The Morgan fingerprint density at radius 2 is 2.12 bits per heavy atom. The molecule has 0 aliphatic heterocycles. The number of nitrogens with zero attached hydrogens (tertiary/aromatic N) is 2. The maximum absolute atomic E-state index is 5.10. The highest BCUT2D eigenvalue weighted by atomic mass is 32.1. The first-order valence-electron chi connectivity index (χ1n) is 6.03. The van der Waals surface area contributed by atoms with Crippen LogP contribution in [0.5, 0.6) is 0 Å². The van der Waals surface area contributed by atoms with Crippen LogP contribution in [-0.2, 0) is 0 Å². The highest BCUT2D eigenvalue weighted by Gasteiger charge is 2.15. The van der Waals surface area contributed by atoms with Crippen LogP contribution in [0.25, 0.3) is 11.2 Å². The van der Waals surface area contributed by atoms with Gasteiger partial charge in [-0.3, -0.25) is 0 Å². The third-order valence-electron chi connectivity index (χ3n) is 3.26. The first-order chi connectivity index (χ1) is 8.33. The first kappa shape index (κ1) is 10.7. The van der Waals surface area contributed by atoms with Gasteiger partial charge in [-0.05, 0) is 25.1 Å². The smallest absolute Gasteiger partial charge is 0.200 e. The van der Waals surface area contributed by atoms with Crippen molar-refractivity contribution >= 4 is 29.2 Å². The van der Waals surface area contributed by atoms with Gasteiger partial charge in [-0.15, -0.1) is 0 Å². The molecule has 17 heavy (non-hydrogen) atoms. The number of nitrogens with one attached hydrogen (secondary N) is 3. The van der Waals surface area contributed by atoms with Crippen LogP contribution in [0.15, 0.2) is 6.33 Å². The van der Waals surface area contributed by atoms with Gasteiger partial charge in [-0.1, -0.05) is 19.3 Å². The summed E-state index contributed by atoms with van der Waals surface area (Å²) in [7, 11) is 0. The van der Waals surface area contributed by atoms with Crippen LogP contribution in [0, 0.1) is 4.77 Å². The molecule has 0 saturated heterocycles. The lowest BCUT2D eigenvalue weighted by atomic mass is 9.95. The van der Waals surface area contributed by atoms with Crippen LogP contribution in [0.4, 0.5) is 5.82 Å². The monoisotopic (exact) mass is 249 g/mol. The van der Waals surface area contributed by atoms with Gasteiger partial charge in [0.05, 0.1) is 6.33 Å². The quantitative estimate of drug-likeness (QED) is 0.716. The average Bonchev–Trinajstić information content (AvgIpc) is 2.78. The topological polar surface area (TPSA) is 69.4 Å². The van der Waals surface area contributed by atoms with Crippen LogP contribution in [-0.4, -0.2) is 26.0 Å². The molecule has 1 fully saturated rings. The van der Waals surface area contributed by atoms with Gasteiger partial charge in [0.2, 0.25) is 4.77 Å². The van der Waals surface area contributed by atoms with Crippen molar-refractivity contribution in [3.8, 4) is 0 Å². The molecule has 0 amide bonds. The van der Waals surface area contributed by atoms with Crippen LogP contribution in [0.1, 0.15) is 32.1 Å². The number of aromatic nitrogens is 4. The minimum absolute atomic E-state index is 0.475. The summed E-state index contributed by atoms with van der Waals surface area (Å²) in [6, 6.07) is 0.513. The summed E-state index contributed by atoms with van der Waals surface area (Å²) in [6.07, 6.45) is 8.02. The van der Waals surface area contributed by atoms with Crippen molar-refractivity contribution in [1.82, 2.24) is 19.9 Å². The van der Waals surface area contributed by atoms with E-state index in [0.717, 1.165) is 17.0 Å². The SMILES string of the molecule is S=c1nc(NC2CCCCC2)c2[nH]cnc2[nH]1. The number of hydrogen-bond donors (Lipinski definition) is 3. The number of hydrogen-bond acceptors (Lipinski definition) is 4. The van der Waals surface area contributed by atoms with E-state index in [1.165, 1.54) is 32.1 Å². The normalized spacial score (nSPS) is 17.4. The van der Waals surface area contributed by atoms with E-state index in [0.29, 0.717) is 10.8 Å². The standard InChI is InChI=1S/C11H15N5S/c17-11-15-9-8(12-6-13-9)10(16-11)14-7-4-2-1-3-5-7/h6-7H,1-5H2,(H3,12,13,14,15,16,17). The van der Waals surface area contributed by atoms with Crippen molar-refractivity contribution < 1.29 is 0 Å². The summed E-state index contributed by atoms with van der Waals surface area (Å²) < 4.78 is 0.475. The molecule has 0 unspecified atom stereocenters. The molecule has 0 radical (unpaired) electrons. The maximum Gasteiger partial charge on any atom is 0.200 e. The molecular weight excluding hydrogens is 234 g/mol. The number of rotatable bonds is 2. The van der Waals surface area contributed by atoms with Gasteiger partial charge in [0, 0.05) is 6.04 Å². The molecule has 2 aromatic rings. The number of imidazole rings is 1. The van der Waals surface area contributed by atoms with Crippen LogP contribution in [0.2, 0.25) is 0 Å². The molecule has 6 heteroatoms. The highest BCUT2D eigenvalue weighted by Crippen LogP contribution is 2.23. The summed E-state index contributed by atoms with van der Waals surface area (Å²) in [5, 5.41) is 3.48. The molecule has 2 heterocycles. The minimum Gasteiger partial charge on any atom is -0.365 e. The lowest BCUT2D eigenvalue weighted by Gasteiger charge is -2.23. The van der Waals surface area contributed by atoms with Crippen LogP contribution >= 0.6 is 12.2 Å². The van der Waals surface area contributed by atoms with E-state index in [1.807, 2.05) is 0 Å². The molecule has 0 atom stereocenters. The minimum atomic E-state index is 0.475. The Morgan fingerprint density at radius 3 is 2.94 bits per heavy atom. The van der Waals surface area contributed by atoms with Gasteiger partial charge < -0.3 is 15.3 Å². The Kier molecular flexibility index (Phi) is 2.80. The van der Waals surface area contributed by atoms with Crippen LogP contribution in [0.3, 0.4) is 0 Å². The molecule has 5 nitrogen and oxygen atoms in total. The lowest BCUT2D eigenvalue weighted by molar-refractivity contribution is 0.462. The van der Waals surface area contributed by atoms with Gasteiger partial charge in [0.1, 0.15) is 5.52 Å². The van der Waals surface area contributed by atoms with Crippen molar-refractivity contribution in [1.29, 1.82) is 0 Å². The Hall–Kier alpha value is -1.43. The first-order valence-corrected chi connectivity index (χ1v) is 6.44. The van der Waals surface area contributed by atoms with Crippen molar-refractivity contribution in [3.05, 3.63) is 11.1 Å². The molecule has 0 spiro atoms. The highest BCUT2D eigenvalue weighted by molar-refractivity contribution is 7.71. The molecule has 1 saturated carbocycles. The number of H-pyrrole nitrogens is 2. The molecule has 3 N–H and O–H groups in total. The predicted octanol–water partition coefficient (Wildman–Crippen LogP) is 2.76. The summed E-state index contributed by atoms with van der Waals surface area (Å²) >= 11 is 5.10. The number of anilines is 1. The number of aromatic amines is 2. The molecule has 2 aromatic heterocycles. The summed E-state index contributed by atoms with van der Waals surface area (Å²) in [4.78, 5) is 14.6. The molecule has 90 valence electrons. The average molecular weight is 249 g/mol. The van der Waals surface area contributed by atoms with Gasteiger partial charge >= 0.3 is 0 Å². The third kappa shape index (κ3) is 2.17. The Morgan fingerprint density at radius 1 is 1.29 bits per heavy atom. The van der Waals surface area contributed by atoms with Gasteiger partial charge in [-0.2, -0.15) is 0 Å². The second-order valence-corrected chi connectivity index (χ2v) is 4.88. The van der Waals surface area contributed by atoms with E-state index >= 15 is 0 Å². The van der Waals surface area contributed by atoms with Gasteiger partial charge in [0.25, 0.3) is 0 Å². The van der Waals surface area contributed by atoms with Gasteiger partial charge in [0.15, 0.2) is 11.5 Å². The van der Waals surface area contributed by atoms with E-state index in [9.17, 15) is 0 Å². The fourth-order valence-corrected chi connectivity index (χ4v) is 2.59. The zero-order chi connectivity index (χ0) is 11.7. The van der Waals surface area contributed by atoms with Crippen molar-refractivity contribution in [3.63, 3.8) is 0 Å². The van der Waals surface area contributed by atoms with Crippen molar-refractivity contribution in [2.75, 3.05) is 5.32 Å². The Balaban J connectivity index is 1.93. The molecular formula is C11H15N5S. The second kappa shape index (κ2) is 4.44. The lowest BCUT2D eigenvalue weighted by Crippen LogP contribution is -2.23. The molecule has 1 aliphatic rings. The van der Waals surface area contributed by atoms with E-state index in [1.54, 1.807) is 6.33 Å². The zero-order valence-electron chi connectivity index (χ0n) is 9.49. The zero-order valence-corrected chi connectivity index (χ0v) is 10.3. The summed E-state index contributed by atoms with van der Waals surface area (Å²) in [5.41, 5.74) is 1.67. The fourth-order valence-electron chi connectivity index (χ4n) is 2.40. The number of fused-ring (bicyclic) bond motifs is 1. The predicted molar refractivity (Wildman–Crippen MR) is 69.6 cm³/mol. The molecule has 3 rings (SSSR count). The summed E-state index contributed by atoms with van der Waals surface area (Å²) in [6.45, 7) is 0. The molecule has 1 aliphatic carbocycles. The maximum atomic E-state index is 5.10. The molecule has 0 bridgehead atoms. The summed E-state index contributed by atoms with van der Waals surface area (Å²) in [5.74, 6) is 0.827. The largest absolute Gasteiger partial charge is 0.365 e. The second-order valence-electron chi connectivity index (χ2n) is 4.50. The Bertz CT molecular complexity index is 566. The van der Waals surface area contributed by atoms with E-state index in [2.05, 4.69) is 25.3 Å².